The van der Waals surface area contributed by atoms with Crippen LogP contribution < -0.4 is 4.90 Å². The monoisotopic (exact) mass is 534 g/mol. The minimum absolute atomic E-state index is 0.0251. The van der Waals surface area contributed by atoms with Crippen LogP contribution in [-0.2, 0) is 15.0 Å². The molecule has 2 amide bonds. The number of nitrogens with zero attached hydrogens (tertiary/aromatic N) is 4. The highest BCUT2D eigenvalue weighted by molar-refractivity contribution is 8.00. The van der Waals surface area contributed by atoms with Gasteiger partial charge in [0.2, 0.25) is 11.8 Å². The molecule has 0 saturated carbocycles. The van der Waals surface area contributed by atoms with Gasteiger partial charge in [-0.3, -0.25) is 14.5 Å². The zero-order chi connectivity index (χ0) is 27.2. The summed E-state index contributed by atoms with van der Waals surface area (Å²) in [4.78, 5) is 30.7. The Morgan fingerprint density at radius 3 is 2.42 bits per heavy atom. The van der Waals surface area contributed by atoms with E-state index in [0.29, 0.717) is 5.82 Å². The number of thioether (sulfide) groups is 1. The summed E-state index contributed by atoms with van der Waals surface area (Å²) in [7, 11) is 0. The van der Waals surface area contributed by atoms with Gasteiger partial charge in [-0.15, -0.1) is 11.8 Å². The number of anilines is 1. The predicted octanol–water partition coefficient (Wildman–Crippen LogP) is 5.72. The Kier molecular flexibility index (Phi) is 7.11. The van der Waals surface area contributed by atoms with Crippen molar-refractivity contribution >= 4 is 29.4 Å². The summed E-state index contributed by atoms with van der Waals surface area (Å²) in [6.45, 7) is 11.9. The van der Waals surface area contributed by atoms with Crippen molar-refractivity contribution in [3.8, 4) is 5.69 Å². The third-order valence-electron chi connectivity index (χ3n) is 7.53. The molecule has 0 N–H and O–H groups in total. The first-order valence-electron chi connectivity index (χ1n) is 13.2. The molecule has 3 heterocycles. The van der Waals surface area contributed by atoms with Gasteiger partial charge in [-0.25, -0.2) is 9.07 Å². The van der Waals surface area contributed by atoms with Crippen molar-refractivity contribution in [3.05, 3.63) is 76.2 Å². The van der Waals surface area contributed by atoms with Gasteiger partial charge >= 0.3 is 0 Å². The largest absolute Gasteiger partial charge is 0.341 e. The summed E-state index contributed by atoms with van der Waals surface area (Å²) >= 11 is 1.51. The Balaban J connectivity index is 1.78. The average Bonchev–Trinajstić information content (AvgIpc) is 3.52. The third kappa shape index (κ3) is 4.86. The quantitative estimate of drug-likeness (QED) is 0.430. The van der Waals surface area contributed by atoms with E-state index >= 15 is 0 Å². The topological polar surface area (TPSA) is 58.4 Å². The molecule has 5 rings (SSSR count). The Bertz CT molecular complexity index is 1370. The second-order valence-electron chi connectivity index (χ2n) is 11.3. The Morgan fingerprint density at radius 2 is 1.76 bits per heavy atom. The van der Waals surface area contributed by atoms with Crippen LogP contribution in [0.1, 0.15) is 66.8 Å². The molecular formula is C30H35FN4O2S. The van der Waals surface area contributed by atoms with E-state index in [-0.39, 0.29) is 40.6 Å². The van der Waals surface area contributed by atoms with Gasteiger partial charge < -0.3 is 4.90 Å². The summed E-state index contributed by atoms with van der Waals surface area (Å²) in [5, 5.41) is 4.93. The lowest BCUT2D eigenvalue weighted by Gasteiger charge is -2.26. The first kappa shape index (κ1) is 26.5. The number of carbonyl (C=O) groups excluding carboxylic acids is 2. The van der Waals surface area contributed by atoms with E-state index in [1.54, 1.807) is 17.0 Å². The van der Waals surface area contributed by atoms with Gasteiger partial charge in [0.25, 0.3) is 0 Å². The minimum Gasteiger partial charge on any atom is -0.341 e. The van der Waals surface area contributed by atoms with E-state index in [1.165, 1.54) is 23.9 Å². The molecule has 1 saturated heterocycles. The van der Waals surface area contributed by atoms with Crippen molar-refractivity contribution in [2.24, 2.45) is 0 Å². The van der Waals surface area contributed by atoms with Crippen LogP contribution in [0.4, 0.5) is 10.2 Å². The number of hydrogen-bond acceptors (Lipinski definition) is 4. The highest BCUT2D eigenvalue weighted by Gasteiger charge is 2.40. The Labute approximate surface area is 228 Å². The second-order valence-corrected chi connectivity index (χ2v) is 12.4. The fraction of sp³-hybridized carbons (Fsp3) is 0.433. The zero-order valence-corrected chi connectivity index (χ0v) is 23.6. The number of likely N-dealkylation sites (tertiary alicyclic amines) is 1. The molecule has 1 aromatic heterocycles. The SMILES string of the molecule is Cc1cccc(-n2nc(C(C)(C)C)c3c2N(CC(=O)N2CCCC2)C(=O)CS[C@H]3c2ccc(F)cc2)c1C. The van der Waals surface area contributed by atoms with E-state index in [4.69, 9.17) is 5.10 Å². The van der Waals surface area contributed by atoms with Crippen molar-refractivity contribution in [1.82, 2.24) is 14.7 Å². The average molecular weight is 535 g/mol. The molecule has 200 valence electrons. The van der Waals surface area contributed by atoms with Crippen LogP contribution in [0.15, 0.2) is 42.5 Å². The fourth-order valence-corrected chi connectivity index (χ4v) is 6.51. The van der Waals surface area contributed by atoms with Gasteiger partial charge in [-0.05, 0) is 61.6 Å². The van der Waals surface area contributed by atoms with Crippen LogP contribution in [0.2, 0.25) is 0 Å². The highest BCUT2D eigenvalue weighted by Crippen LogP contribution is 2.48. The summed E-state index contributed by atoms with van der Waals surface area (Å²) < 4.78 is 15.8. The number of aromatic nitrogens is 2. The molecule has 1 fully saturated rings. The van der Waals surface area contributed by atoms with Gasteiger partial charge in [0, 0.05) is 24.1 Å². The Morgan fingerprint density at radius 1 is 1.08 bits per heavy atom. The minimum atomic E-state index is -0.343. The highest BCUT2D eigenvalue weighted by atomic mass is 32.2. The van der Waals surface area contributed by atoms with Crippen LogP contribution in [0.5, 0.6) is 0 Å². The number of hydrogen-bond donors (Lipinski definition) is 0. The lowest BCUT2D eigenvalue weighted by Crippen LogP contribution is -2.43. The molecule has 0 aliphatic carbocycles. The normalized spacial score (nSPS) is 18.1. The zero-order valence-electron chi connectivity index (χ0n) is 22.8. The third-order valence-corrected chi connectivity index (χ3v) is 8.78. The van der Waals surface area contributed by atoms with Crippen LogP contribution in [0, 0.1) is 19.7 Å². The van der Waals surface area contributed by atoms with E-state index in [1.807, 2.05) is 21.7 Å². The molecular weight excluding hydrogens is 499 g/mol. The summed E-state index contributed by atoms with van der Waals surface area (Å²) in [5.74, 6) is 0.378. The lowest BCUT2D eigenvalue weighted by atomic mass is 9.87. The maximum absolute atomic E-state index is 13.9. The lowest BCUT2D eigenvalue weighted by molar-refractivity contribution is -0.130. The van der Waals surface area contributed by atoms with Gasteiger partial charge in [0.15, 0.2) is 0 Å². The number of rotatable bonds is 4. The molecule has 8 heteroatoms. The molecule has 0 radical (unpaired) electrons. The summed E-state index contributed by atoms with van der Waals surface area (Å²) in [6.07, 6.45) is 1.98. The van der Waals surface area contributed by atoms with Crippen LogP contribution in [-0.4, -0.2) is 51.9 Å². The number of amides is 2. The summed E-state index contributed by atoms with van der Waals surface area (Å²) in [5.41, 5.74) is 5.40. The molecule has 2 aromatic carbocycles. The Hall–Kier alpha value is -3.13. The van der Waals surface area contributed by atoms with Gasteiger partial charge in [0.1, 0.15) is 18.2 Å². The van der Waals surface area contributed by atoms with Crippen molar-refractivity contribution in [2.45, 2.75) is 58.1 Å². The van der Waals surface area contributed by atoms with Crippen molar-refractivity contribution < 1.29 is 14.0 Å². The summed E-state index contributed by atoms with van der Waals surface area (Å²) in [6, 6.07) is 12.6. The van der Waals surface area contributed by atoms with E-state index in [2.05, 4.69) is 40.7 Å². The molecule has 0 bridgehead atoms. The molecule has 0 spiro atoms. The van der Waals surface area contributed by atoms with Crippen molar-refractivity contribution in [2.75, 3.05) is 30.3 Å². The van der Waals surface area contributed by atoms with Gasteiger partial charge in [-0.1, -0.05) is 45.0 Å². The van der Waals surface area contributed by atoms with Crippen LogP contribution in [0.3, 0.4) is 0 Å². The van der Waals surface area contributed by atoms with Crippen molar-refractivity contribution in [1.29, 1.82) is 0 Å². The van der Waals surface area contributed by atoms with E-state index in [9.17, 15) is 14.0 Å². The smallest absolute Gasteiger partial charge is 0.242 e. The van der Waals surface area contributed by atoms with E-state index in [0.717, 1.165) is 59.6 Å². The number of carbonyl (C=O) groups is 2. The number of halogens is 1. The van der Waals surface area contributed by atoms with E-state index < -0.39 is 0 Å². The standard InChI is InChI=1S/C30H35FN4O2S/c1-19-9-8-10-23(20(19)2)35-29-26(28(32-35)30(3,4)5)27(21-11-13-22(31)14-12-21)38-18-25(37)34(29)17-24(36)33-15-6-7-16-33/h8-14,27H,6-7,15-18H2,1-5H3/t27-/m0/s1. The maximum atomic E-state index is 13.9. The van der Waals surface area contributed by atoms with Crippen molar-refractivity contribution in [3.63, 3.8) is 0 Å². The number of benzene rings is 2. The second kappa shape index (κ2) is 10.2. The molecule has 3 aromatic rings. The van der Waals surface area contributed by atoms with Gasteiger partial charge in [-0.2, -0.15) is 5.10 Å². The number of fused-ring (bicyclic) bond motifs is 1. The van der Waals surface area contributed by atoms with Gasteiger partial charge in [0.05, 0.1) is 22.4 Å². The predicted molar refractivity (Wildman–Crippen MR) is 151 cm³/mol. The van der Waals surface area contributed by atoms with Crippen LogP contribution >= 0.6 is 11.8 Å². The first-order chi connectivity index (χ1) is 18.1. The van der Waals surface area contributed by atoms with Crippen LogP contribution in [0.25, 0.3) is 5.69 Å². The molecule has 2 aliphatic rings. The molecule has 6 nitrogen and oxygen atoms in total. The number of aryl methyl sites for hydroxylation is 1. The molecule has 0 unspecified atom stereocenters. The molecule has 2 aliphatic heterocycles. The maximum Gasteiger partial charge on any atom is 0.242 e. The molecule has 38 heavy (non-hydrogen) atoms. The first-order valence-corrected chi connectivity index (χ1v) is 14.3. The fourth-order valence-electron chi connectivity index (χ4n) is 5.31. The molecule has 1 atom stereocenters.